The zero-order chi connectivity index (χ0) is 18.8. The Kier molecular flexibility index (Phi) is 4.39. The first kappa shape index (κ1) is 16.9. The van der Waals surface area contributed by atoms with Crippen molar-refractivity contribution in [3.05, 3.63) is 71.9 Å². The summed E-state index contributed by atoms with van der Waals surface area (Å²) in [6.07, 6.45) is 5.51. The third-order valence-electron chi connectivity index (χ3n) is 4.80. The van der Waals surface area contributed by atoms with Crippen molar-refractivity contribution in [2.75, 3.05) is 13.2 Å². The largest absolute Gasteiger partial charge is 0.325 e. The van der Waals surface area contributed by atoms with Crippen molar-refractivity contribution in [2.24, 2.45) is 0 Å². The van der Waals surface area contributed by atoms with Gasteiger partial charge in [0.15, 0.2) is 0 Å². The minimum Gasteiger partial charge on any atom is -0.325 e. The summed E-state index contributed by atoms with van der Waals surface area (Å²) >= 11 is 0. The lowest BCUT2D eigenvalue weighted by Crippen LogP contribution is -2.32. The first-order valence-electron chi connectivity index (χ1n) is 8.80. The van der Waals surface area contributed by atoms with Crippen molar-refractivity contribution in [3.63, 3.8) is 0 Å². The van der Waals surface area contributed by atoms with Crippen LogP contribution in [0.25, 0.3) is 10.9 Å². The third kappa shape index (κ3) is 3.18. The molecule has 5 nitrogen and oxygen atoms in total. The van der Waals surface area contributed by atoms with Gasteiger partial charge in [-0.3, -0.25) is 9.59 Å². The normalized spacial score (nSPS) is 14.0. The molecule has 1 saturated heterocycles. The highest BCUT2D eigenvalue weighted by Gasteiger charge is 2.32. The predicted molar refractivity (Wildman–Crippen MR) is 104 cm³/mol. The Bertz CT molecular complexity index is 1050. The van der Waals surface area contributed by atoms with Crippen molar-refractivity contribution >= 4 is 22.7 Å². The van der Waals surface area contributed by atoms with Gasteiger partial charge in [-0.1, -0.05) is 54.5 Å². The average molecular weight is 357 g/mol. The Balaban J connectivity index is 1.59. The summed E-state index contributed by atoms with van der Waals surface area (Å²) in [5.74, 6) is 2.39. The molecular weight excluding hydrogens is 338 g/mol. The van der Waals surface area contributed by atoms with Crippen LogP contribution in [0.15, 0.2) is 60.7 Å². The molecule has 2 heterocycles. The molecule has 0 saturated carbocycles. The lowest BCUT2D eigenvalue weighted by Gasteiger charge is -2.19. The van der Waals surface area contributed by atoms with Gasteiger partial charge in [0, 0.05) is 17.4 Å². The maximum Gasteiger partial charge on any atom is 0.272 e. The predicted octanol–water partition coefficient (Wildman–Crippen LogP) is 2.72. The monoisotopic (exact) mass is 357 g/mol. The maximum atomic E-state index is 13.1. The summed E-state index contributed by atoms with van der Waals surface area (Å²) in [5.41, 5.74) is 2.48. The van der Waals surface area contributed by atoms with E-state index in [-0.39, 0.29) is 25.0 Å². The summed E-state index contributed by atoms with van der Waals surface area (Å²) < 4.78 is 1.84. The smallest absolute Gasteiger partial charge is 0.272 e. The van der Waals surface area contributed by atoms with Gasteiger partial charge in [-0.25, -0.2) is 0 Å². The molecule has 1 aromatic heterocycles. The van der Waals surface area contributed by atoms with Gasteiger partial charge < -0.3 is 14.4 Å². The Morgan fingerprint density at radius 1 is 1.07 bits per heavy atom. The maximum absolute atomic E-state index is 13.1. The number of amides is 2. The molecule has 27 heavy (non-hydrogen) atoms. The number of hydrogen-bond donors (Lipinski definition) is 0. The first-order valence-corrected chi connectivity index (χ1v) is 8.80. The van der Waals surface area contributed by atoms with Crippen LogP contribution < -0.4 is 0 Å². The molecular formula is C22H19N3O2. The van der Waals surface area contributed by atoms with E-state index >= 15 is 0 Å². The van der Waals surface area contributed by atoms with Gasteiger partial charge in [0.25, 0.3) is 5.91 Å². The van der Waals surface area contributed by atoms with E-state index in [0.29, 0.717) is 18.8 Å². The van der Waals surface area contributed by atoms with Gasteiger partial charge in [-0.2, -0.15) is 0 Å². The number of benzene rings is 2. The van der Waals surface area contributed by atoms with Gasteiger partial charge in [-0.05, 0) is 17.7 Å². The van der Waals surface area contributed by atoms with Gasteiger partial charge >= 0.3 is 0 Å². The van der Waals surface area contributed by atoms with Crippen molar-refractivity contribution in [3.8, 4) is 12.3 Å². The van der Waals surface area contributed by atoms with Crippen LogP contribution in [0.1, 0.15) is 16.1 Å². The summed E-state index contributed by atoms with van der Waals surface area (Å²) in [6.45, 7) is 1.17. The molecule has 5 heteroatoms. The third-order valence-corrected chi connectivity index (χ3v) is 4.80. The number of terminal acetylenes is 1. The second-order valence-electron chi connectivity index (χ2n) is 6.60. The van der Waals surface area contributed by atoms with Crippen LogP contribution in [0, 0.1) is 12.3 Å². The minimum atomic E-state index is -0.176. The van der Waals surface area contributed by atoms with Crippen LogP contribution >= 0.6 is 0 Å². The Morgan fingerprint density at radius 3 is 2.59 bits per heavy atom. The Hall–Kier alpha value is -3.52. The van der Waals surface area contributed by atoms with E-state index in [1.807, 2.05) is 65.2 Å². The molecule has 0 bridgehead atoms. The molecule has 0 radical (unpaired) electrons. The Labute approximate surface area is 157 Å². The van der Waals surface area contributed by atoms with Crippen molar-refractivity contribution in [1.82, 2.24) is 14.4 Å². The number of fused-ring (bicyclic) bond motifs is 1. The van der Waals surface area contributed by atoms with E-state index < -0.39 is 0 Å². The zero-order valence-corrected chi connectivity index (χ0v) is 14.8. The highest BCUT2D eigenvalue weighted by molar-refractivity contribution is 6.01. The lowest BCUT2D eigenvalue weighted by atomic mass is 10.2. The zero-order valence-electron chi connectivity index (χ0n) is 14.8. The number of rotatable bonds is 4. The first-order chi connectivity index (χ1) is 13.2. The molecule has 0 atom stereocenters. The molecule has 1 aliphatic rings. The number of hydrogen-bond acceptors (Lipinski definition) is 2. The van der Waals surface area contributed by atoms with E-state index in [1.165, 1.54) is 0 Å². The molecule has 2 amide bonds. The van der Waals surface area contributed by atoms with Crippen LogP contribution in [0.2, 0.25) is 0 Å². The molecule has 0 N–H and O–H groups in total. The Morgan fingerprint density at radius 2 is 1.81 bits per heavy atom. The fourth-order valence-electron chi connectivity index (χ4n) is 3.49. The molecule has 0 unspecified atom stereocenters. The lowest BCUT2D eigenvalue weighted by molar-refractivity contribution is -0.127. The fraction of sp³-hybridized carbons (Fsp3) is 0.182. The van der Waals surface area contributed by atoms with Crippen molar-refractivity contribution in [2.45, 2.75) is 13.1 Å². The van der Waals surface area contributed by atoms with Gasteiger partial charge in [0.05, 0.1) is 13.2 Å². The SMILES string of the molecule is C#CCn1c(C(=O)N2CC(=O)N(Cc3ccccc3)C2)cc2ccccc21. The van der Waals surface area contributed by atoms with Crippen LogP contribution in [-0.4, -0.2) is 39.4 Å². The van der Waals surface area contributed by atoms with E-state index in [0.717, 1.165) is 16.5 Å². The summed E-state index contributed by atoms with van der Waals surface area (Å²) in [6, 6.07) is 19.4. The van der Waals surface area contributed by atoms with Crippen LogP contribution in [-0.2, 0) is 17.9 Å². The molecule has 0 spiro atoms. The molecule has 1 aliphatic heterocycles. The van der Waals surface area contributed by atoms with Gasteiger partial charge in [-0.15, -0.1) is 6.42 Å². The molecule has 2 aromatic carbocycles. The quantitative estimate of drug-likeness (QED) is 0.674. The molecule has 3 aromatic rings. The topological polar surface area (TPSA) is 45.6 Å². The number of para-hydroxylation sites is 1. The standard InChI is InChI=1S/C22H19N3O2/c1-2-12-25-19-11-7-6-10-18(19)13-20(25)22(27)24-15-21(26)23(16-24)14-17-8-4-3-5-9-17/h1,3-11,13H,12,14-16H2. The van der Waals surface area contributed by atoms with E-state index in [2.05, 4.69) is 5.92 Å². The average Bonchev–Trinajstić information content (AvgIpc) is 3.24. The number of nitrogens with zero attached hydrogens (tertiary/aromatic N) is 3. The van der Waals surface area contributed by atoms with Crippen LogP contribution in [0.5, 0.6) is 0 Å². The summed E-state index contributed by atoms with van der Waals surface area (Å²) in [4.78, 5) is 28.8. The van der Waals surface area contributed by atoms with Crippen molar-refractivity contribution < 1.29 is 9.59 Å². The second kappa shape index (κ2) is 7.00. The molecule has 0 aliphatic carbocycles. The highest BCUT2D eigenvalue weighted by Crippen LogP contribution is 2.22. The molecule has 1 fully saturated rings. The van der Waals surface area contributed by atoms with E-state index in [4.69, 9.17) is 6.42 Å². The highest BCUT2D eigenvalue weighted by atomic mass is 16.2. The van der Waals surface area contributed by atoms with E-state index in [1.54, 1.807) is 9.80 Å². The number of aromatic nitrogens is 1. The molecule has 134 valence electrons. The second-order valence-corrected chi connectivity index (χ2v) is 6.60. The minimum absolute atomic E-state index is 0.0492. The van der Waals surface area contributed by atoms with Gasteiger partial charge in [0.1, 0.15) is 12.2 Å². The van der Waals surface area contributed by atoms with Crippen LogP contribution in [0.4, 0.5) is 0 Å². The fourth-order valence-corrected chi connectivity index (χ4v) is 3.49. The number of carbonyl (C=O) groups is 2. The van der Waals surface area contributed by atoms with Crippen LogP contribution in [0.3, 0.4) is 0 Å². The van der Waals surface area contributed by atoms with E-state index in [9.17, 15) is 9.59 Å². The molecule has 4 rings (SSSR count). The summed E-state index contributed by atoms with van der Waals surface area (Å²) in [7, 11) is 0. The summed E-state index contributed by atoms with van der Waals surface area (Å²) in [5, 5.41) is 0.961. The number of carbonyl (C=O) groups excluding carboxylic acids is 2. The van der Waals surface area contributed by atoms with Gasteiger partial charge in [0.2, 0.25) is 5.91 Å². The van der Waals surface area contributed by atoms with Crippen molar-refractivity contribution in [1.29, 1.82) is 0 Å².